The molecule has 1 atom stereocenters. The number of amides is 2. The molecule has 9 nitrogen and oxygen atoms in total. The number of aliphatic hydroxyl groups is 1. The number of hydrogen-bond acceptors (Lipinski definition) is 7. The van der Waals surface area contributed by atoms with E-state index in [2.05, 4.69) is 15.8 Å². The van der Waals surface area contributed by atoms with E-state index in [0.717, 1.165) is 5.56 Å². The minimum atomic E-state index is -1.02. The summed E-state index contributed by atoms with van der Waals surface area (Å²) in [6, 6.07) is 15.7. The van der Waals surface area contributed by atoms with Gasteiger partial charge in [-0.15, -0.1) is 0 Å². The van der Waals surface area contributed by atoms with E-state index in [1.165, 1.54) is 20.3 Å². The van der Waals surface area contributed by atoms with Gasteiger partial charge in [-0.05, 0) is 18.2 Å². The molecule has 0 saturated heterocycles. The number of carbonyl (C=O) groups excluding carboxylic acids is 2. The monoisotopic (exact) mass is 425 g/mol. The molecule has 0 fully saturated rings. The Morgan fingerprint density at radius 2 is 1.84 bits per heavy atom. The van der Waals surface area contributed by atoms with Gasteiger partial charge in [0.05, 0.1) is 26.9 Å². The molecule has 0 spiro atoms. The highest BCUT2D eigenvalue weighted by Crippen LogP contribution is 2.29. The lowest BCUT2D eigenvalue weighted by atomic mass is 10.1. The number of aromatic nitrogens is 1. The van der Waals surface area contributed by atoms with Crippen molar-refractivity contribution in [2.24, 2.45) is 0 Å². The van der Waals surface area contributed by atoms with Crippen molar-refractivity contribution in [3.63, 3.8) is 0 Å². The zero-order valence-corrected chi connectivity index (χ0v) is 17.1. The Hall–Kier alpha value is -3.85. The van der Waals surface area contributed by atoms with Crippen molar-refractivity contribution in [2.45, 2.75) is 6.10 Å². The topological polar surface area (TPSA) is 123 Å². The number of methoxy groups -OCH3 is 2. The number of nitrogens with one attached hydrogen (secondary N) is 2. The van der Waals surface area contributed by atoms with Gasteiger partial charge in [0.15, 0.2) is 11.5 Å². The Morgan fingerprint density at radius 1 is 1.06 bits per heavy atom. The smallest absolute Gasteiger partial charge is 0.273 e. The van der Waals surface area contributed by atoms with Crippen LogP contribution in [0.3, 0.4) is 0 Å². The first-order valence-electron chi connectivity index (χ1n) is 9.49. The molecule has 1 heterocycles. The fourth-order valence-corrected chi connectivity index (χ4v) is 2.85. The molecule has 1 aromatic heterocycles. The van der Waals surface area contributed by atoms with Crippen LogP contribution in [-0.2, 0) is 4.79 Å². The molecule has 0 aliphatic heterocycles. The summed E-state index contributed by atoms with van der Waals surface area (Å²) in [4.78, 5) is 24.3. The fourth-order valence-electron chi connectivity index (χ4n) is 2.85. The molecule has 0 bridgehead atoms. The van der Waals surface area contributed by atoms with Gasteiger partial charge in [0.1, 0.15) is 11.5 Å². The molecular formula is C22H23N3O6. The number of rotatable bonds is 9. The van der Waals surface area contributed by atoms with Crippen LogP contribution in [0.5, 0.6) is 11.5 Å². The maximum absolute atomic E-state index is 12.2. The van der Waals surface area contributed by atoms with Crippen molar-refractivity contribution < 1.29 is 28.7 Å². The first kappa shape index (κ1) is 21.8. The Kier molecular flexibility index (Phi) is 7.23. The summed E-state index contributed by atoms with van der Waals surface area (Å²) >= 11 is 0. The molecule has 2 amide bonds. The highest BCUT2D eigenvalue weighted by molar-refractivity contribution is 5.95. The lowest BCUT2D eigenvalue weighted by Gasteiger charge is -2.16. The Balaban J connectivity index is 1.50. The van der Waals surface area contributed by atoms with Crippen molar-refractivity contribution in [2.75, 3.05) is 27.3 Å². The van der Waals surface area contributed by atoms with E-state index in [1.807, 2.05) is 30.3 Å². The zero-order valence-electron chi connectivity index (χ0n) is 17.1. The Labute approximate surface area is 179 Å². The van der Waals surface area contributed by atoms with E-state index in [-0.39, 0.29) is 18.8 Å². The van der Waals surface area contributed by atoms with Crippen molar-refractivity contribution in [3.8, 4) is 22.8 Å². The summed E-state index contributed by atoms with van der Waals surface area (Å²) in [6.45, 7) is -0.353. The number of carbonyl (C=O) groups is 2. The zero-order chi connectivity index (χ0) is 22.2. The molecule has 3 rings (SSSR count). The van der Waals surface area contributed by atoms with Gasteiger partial charge in [0.2, 0.25) is 5.91 Å². The molecule has 0 saturated carbocycles. The summed E-state index contributed by atoms with van der Waals surface area (Å²) < 4.78 is 15.6. The first-order valence-corrected chi connectivity index (χ1v) is 9.49. The summed E-state index contributed by atoms with van der Waals surface area (Å²) in [5.41, 5.74) is 1.32. The summed E-state index contributed by atoms with van der Waals surface area (Å²) in [5, 5.41) is 19.2. The van der Waals surface area contributed by atoms with E-state index in [0.29, 0.717) is 22.8 Å². The van der Waals surface area contributed by atoms with Crippen molar-refractivity contribution in [1.29, 1.82) is 0 Å². The van der Waals surface area contributed by atoms with Gasteiger partial charge in [0, 0.05) is 23.7 Å². The van der Waals surface area contributed by atoms with Gasteiger partial charge >= 0.3 is 0 Å². The molecule has 0 aliphatic carbocycles. The van der Waals surface area contributed by atoms with Crippen LogP contribution in [0.25, 0.3) is 11.3 Å². The van der Waals surface area contributed by atoms with Crippen molar-refractivity contribution >= 4 is 11.8 Å². The summed E-state index contributed by atoms with van der Waals surface area (Å²) in [6.07, 6.45) is -1.02. The van der Waals surface area contributed by atoms with Gasteiger partial charge in [-0.2, -0.15) is 0 Å². The quantitative estimate of drug-likeness (QED) is 0.479. The number of nitrogens with zero attached hydrogens (tertiary/aromatic N) is 1. The first-order chi connectivity index (χ1) is 15.0. The normalized spacial score (nSPS) is 11.5. The molecule has 9 heteroatoms. The fraction of sp³-hybridized carbons (Fsp3) is 0.227. The molecule has 0 radical (unpaired) electrons. The molecule has 2 aromatic carbocycles. The highest BCUT2D eigenvalue weighted by atomic mass is 16.5. The Bertz CT molecular complexity index is 1030. The van der Waals surface area contributed by atoms with E-state index >= 15 is 0 Å². The minimum absolute atomic E-state index is 0.0628. The van der Waals surface area contributed by atoms with E-state index < -0.39 is 17.9 Å². The van der Waals surface area contributed by atoms with Crippen LogP contribution in [0.1, 0.15) is 22.2 Å². The van der Waals surface area contributed by atoms with Crippen LogP contribution in [0, 0.1) is 0 Å². The molecule has 1 unspecified atom stereocenters. The average Bonchev–Trinajstić information content (AvgIpc) is 3.31. The molecule has 162 valence electrons. The third-order valence-electron chi connectivity index (χ3n) is 4.50. The molecule has 31 heavy (non-hydrogen) atoms. The molecule has 3 aromatic rings. The van der Waals surface area contributed by atoms with Crippen molar-refractivity contribution in [3.05, 3.63) is 65.9 Å². The number of hydrogen-bond donors (Lipinski definition) is 3. The van der Waals surface area contributed by atoms with Crippen LogP contribution in [-0.4, -0.2) is 49.4 Å². The van der Waals surface area contributed by atoms with Crippen LogP contribution in [0.15, 0.2) is 59.1 Å². The van der Waals surface area contributed by atoms with Gasteiger partial charge in [-0.3, -0.25) is 9.59 Å². The SMILES string of the molecule is COc1ccc(OC)c(C(O)CNC(=O)CNC(=O)c2cc(-c3ccccc3)on2)c1. The van der Waals surface area contributed by atoms with Crippen LogP contribution in [0.4, 0.5) is 0 Å². The molecular weight excluding hydrogens is 402 g/mol. The maximum atomic E-state index is 12.2. The number of aliphatic hydroxyl groups excluding tert-OH is 1. The molecule has 3 N–H and O–H groups in total. The van der Waals surface area contributed by atoms with Crippen LogP contribution >= 0.6 is 0 Å². The van der Waals surface area contributed by atoms with Crippen molar-refractivity contribution in [1.82, 2.24) is 15.8 Å². The summed E-state index contributed by atoms with van der Waals surface area (Å²) in [5.74, 6) is 0.453. The van der Waals surface area contributed by atoms with Gasteiger partial charge in [-0.25, -0.2) is 0 Å². The van der Waals surface area contributed by atoms with Gasteiger partial charge in [0.25, 0.3) is 5.91 Å². The third-order valence-corrected chi connectivity index (χ3v) is 4.50. The second-order valence-corrected chi connectivity index (χ2v) is 6.55. The Morgan fingerprint density at radius 3 is 2.55 bits per heavy atom. The highest BCUT2D eigenvalue weighted by Gasteiger charge is 2.17. The number of benzene rings is 2. The van der Waals surface area contributed by atoms with Crippen LogP contribution in [0.2, 0.25) is 0 Å². The van der Waals surface area contributed by atoms with Gasteiger partial charge < -0.3 is 29.7 Å². The van der Waals surface area contributed by atoms with Crippen LogP contribution < -0.4 is 20.1 Å². The molecule has 0 aliphatic rings. The van der Waals surface area contributed by atoms with Gasteiger partial charge in [-0.1, -0.05) is 35.5 Å². The minimum Gasteiger partial charge on any atom is -0.497 e. The summed E-state index contributed by atoms with van der Waals surface area (Å²) in [7, 11) is 3.00. The lowest BCUT2D eigenvalue weighted by Crippen LogP contribution is -2.38. The average molecular weight is 425 g/mol. The predicted molar refractivity (Wildman–Crippen MR) is 112 cm³/mol. The predicted octanol–water partition coefficient (Wildman–Crippen LogP) is 1.94. The lowest BCUT2D eigenvalue weighted by molar-refractivity contribution is -0.120. The third kappa shape index (κ3) is 5.61. The second kappa shape index (κ2) is 10.3. The second-order valence-electron chi connectivity index (χ2n) is 6.55. The standard InChI is InChI=1S/C22H23N3O6/c1-29-15-8-9-19(30-2)16(10-15)18(26)12-23-21(27)13-24-22(28)17-11-20(31-25-17)14-6-4-3-5-7-14/h3-11,18,26H,12-13H2,1-2H3,(H,23,27)(H,24,28). The number of ether oxygens (including phenoxy) is 2. The van der Waals surface area contributed by atoms with E-state index in [4.69, 9.17) is 14.0 Å². The maximum Gasteiger partial charge on any atom is 0.273 e. The van der Waals surface area contributed by atoms with E-state index in [1.54, 1.807) is 18.2 Å². The van der Waals surface area contributed by atoms with E-state index in [9.17, 15) is 14.7 Å². The largest absolute Gasteiger partial charge is 0.497 e.